The molecule has 1 heterocycles. The first-order valence-electron chi connectivity index (χ1n) is 10.8. The third-order valence-electron chi connectivity index (χ3n) is 6.04. The highest BCUT2D eigenvalue weighted by Crippen LogP contribution is 2.35. The lowest BCUT2D eigenvalue weighted by Crippen LogP contribution is -2.43. The number of hydrogen-bond acceptors (Lipinski definition) is 5. The smallest absolute Gasteiger partial charge is 0.332 e. The van der Waals surface area contributed by atoms with Crippen molar-refractivity contribution < 1.29 is 23.9 Å². The second-order valence-corrected chi connectivity index (χ2v) is 8.00. The quantitative estimate of drug-likeness (QED) is 0.666. The second-order valence-electron chi connectivity index (χ2n) is 8.00. The van der Waals surface area contributed by atoms with Crippen molar-refractivity contribution in [3.8, 4) is 11.5 Å². The van der Waals surface area contributed by atoms with Gasteiger partial charge in [0.2, 0.25) is 5.91 Å². The molecule has 0 bridgehead atoms. The van der Waals surface area contributed by atoms with E-state index < -0.39 is 6.04 Å². The molecule has 1 N–H and O–H groups in total. The minimum atomic E-state index is -0.838. The lowest BCUT2D eigenvalue weighted by atomic mass is 10.1. The van der Waals surface area contributed by atoms with Crippen molar-refractivity contribution in [3.63, 3.8) is 0 Å². The number of hydrogen-bond donors (Lipinski definition) is 1. The van der Waals surface area contributed by atoms with Crippen LogP contribution >= 0.6 is 0 Å². The Bertz CT molecular complexity index is 1000. The van der Waals surface area contributed by atoms with E-state index in [1.807, 2.05) is 0 Å². The molecule has 1 unspecified atom stereocenters. The number of urea groups is 1. The van der Waals surface area contributed by atoms with Crippen molar-refractivity contribution in [1.29, 1.82) is 0 Å². The fourth-order valence-corrected chi connectivity index (χ4v) is 4.44. The van der Waals surface area contributed by atoms with Gasteiger partial charge in [-0.2, -0.15) is 0 Å². The molecule has 0 aromatic heterocycles. The number of rotatable bonds is 7. The van der Waals surface area contributed by atoms with E-state index >= 15 is 0 Å². The number of imide groups is 1. The highest BCUT2D eigenvalue weighted by Gasteiger charge is 2.49. The molecule has 1 aliphatic carbocycles. The Hall–Kier alpha value is -3.55. The van der Waals surface area contributed by atoms with E-state index in [4.69, 9.17) is 9.47 Å². The molecule has 0 radical (unpaired) electrons. The van der Waals surface area contributed by atoms with E-state index in [1.165, 1.54) is 12.0 Å². The van der Waals surface area contributed by atoms with Gasteiger partial charge in [0.05, 0.1) is 26.3 Å². The maximum absolute atomic E-state index is 13.4. The Kier molecular flexibility index (Phi) is 6.30. The van der Waals surface area contributed by atoms with Gasteiger partial charge in [0.25, 0.3) is 5.91 Å². The maximum atomic E-state index is 13.4. The summed E-state index contributed by atoms with van der Waals surface area (Å²) in [6, 6.07) is 12.5. The van der Waals surface area contributed by atoms with Gasteiger partial charge in [0.15, 0.2) is 0 Å². The van der Waals surface area contributed by atoms with Crippen molar-refractivity contribution >= 4 is 29.2 Å². The van der Waals surface area contributed by atoms with Gasteiger partial charge >= 0.3 is 6.03 Å². The number of nitrogens with one attached hydrogen (secondary N) is 1. The summed E-state index contributed by atoms with van der Waals surface area (Å²) in [6.45, 7) is 0. The summed E-state index contributed by atoms with van der Waals surface area (Å²) < 4.78 is 10.4. The van der Waals surface area contributed by atoms with Gasteiger partial charge in [0.1, 0.15) is 17.5 Å². The summed E-state index contributed by atoms with van der Waals surface area (Å²) in [5, 5.41) is 2.82. The second kappa shape index (κ2) is 9.30. The average molecular weight is 437 g/mol. The molecule has 1 saturated carbocycles. The standard InChI is InChI=1S/C24H27N3O5/c1-31-19-12-10-16(11-13-19)25-22(28)15-21-23(29)27(18-8-5-9-20(14-18)32-2)24(30)26(21)17-6-3-4-7-17/h5,8-14,17,21H,3-4,6-7,15H2,1-2H3,(H,25,28). The van der Waals surface area contributed by atoms with E-state index in [9.17, 15) is 14.4 Å². The Morgan fingerprint density at radius 3 is 2.34 bits per heavy atom. The van der Waals surface area contributed by atoms with Gasteiger partial charge in [-0.05, 0) is 49.2 Å². The molecule has 1 atom stereocenters. The largest absolute Gasteiger partial charge is 0.497 e. The molecule has 2 aliphatic rings. The first-order chi connectivity index (χ1) is 15.5. The fourth-order valence-electron chi connectivity index (χ4n) is 4.44. The maximum Gasteiger partial charge on any atom is 0.332 e. The number of amides is 4. The van der Waals surface area contributed by atoms with Gasteiger partial charge in [0, 0.05) is 17.8 Å². The van der Waals surface area contributed by atoms with E-state index in [-0.39, 0.29) is 30.3 Å². The molecule has 0 spiro atoms. The third kappa shape index (κ3) is 4.26. The molecule has 1 saturated heterocycles. The first-order valence-corrected chi connectivity index (χ1v) is 10.8. The molecule has 2 aromatic rings. The summed E-state index contributed by atoms with van der Waals surface area (Å²) in [6.07, 6.45) is 3.58. The van der Waals surface area contributed by atoms with Crippen molar-refractivity contribution in [2.75, 3.05) is 24.4 Å². The van der Waals surface area contributed by atoms with E-state index in [0.29, 0.717) is 22.9 Å². The normalized spacial score (nSPS) is 18.9. The van der Waals surface area contributed by atoms with Gasteiger partial charge in [-0.3, -0.25) is 9.59 Å². The molecule has 2 fully saturated rings. The van der Waals surface area contributed by atoms with E-state index in [0.717, 1.165) is 25.7 Å². The molecule has 32 heavy (non-hydrogen) atoms. The number of benzene rings is 2. The van der Waals surface area contributed by atoms with Crippen molar-refractivity contribution in [1.82, 2.24) is 4.90 Å². The summed E-state index contributed by atoms with van der Waals surface area (Å²) in [7, 11) is 3.10. The lowest BCUT2D eigenvalue weighted by molar-refractivity contribution is -0.124. The molecule has 2 aromatic carbocycles. The number of ether oxygens (including phenoxy) is 2. The average Bonchev–Trinajstić information content (AvgIpc) is 3.41. The highest BCUT2D eigenvalue weighted by atomic mass is 16.5. The molecule has 8 heteroatoms. The predicted octanol–water partition coefficient (Wildman–Crippen LogP) is 3.81. The van der Waals surface area contributed by atoms with Crippen LogP contribution in [0, 0.1) is 0 Å². The Labute approximate surface area is 187 Å². The topological polar surface area (TPSA) is 88.2 Å². The highest BCUT2D eigenvalue weighted by molar-refractivity contribution is 6.22. The summed E-state index contributed by atoms with van der Waals surface area (Å²) in [4.78, 5) is 42.3. The Balaban J connectivity index is 1.56. The van der Waals surface area contributed by atoms with Crippen LogP contribution in [0.15, 0.2) is 48.5 Å². The third-order valence-corrected chi connectivity index (χ3v) is 6.04. The number of carbonyl (C=O) groups is 3. The minimum Gasteiger partial charge on any atom is -0.497 e. The first kappa shape index (κ1) is 21.7. The molecule has 168 valence electrons. The van der Waals surface area contributed by atoms with Crippen molar-refractivity contribution in [3.05, 3.63) is 48.5 Å². The predicted molar refractivity (Wildman–Crippen MR) is 120 cm³/mol. The molecule has 4 rings (SSSR count). The SMILES string of the molecule is COc1ccc(NC(=O)CC2C(=O)N(c3cccc(OC)c3)C(=O)N2C2CCCC2)cc1. The van der Waals surface area contributed by atoms with E-state index in [1.54, 1.807) is 60.5 Å². The van der Waals surface area contributed by atoms with Gasteiger partial charge in [-0.1, -0.05) is 18.9 Å². The zero-order valence-electron chi connectivity index (χ0n) is 18.2. The van der Waals surface area contributed by atoms with Crippen LogP contribution < -0.4 is 19.7 Å². The molecule has 8 nitrogen and oxygen atoms in total. The fraction of sp³-hybridized carbons (Fsp3) is 0.375. The van der Waals surface area contributed by atoms with Gasteiger partial charge < -0.3 is 19.7 Å². The van der Waals surface area contributed by atoms with Crippen LogP contribution in [-0.2, 0) is 9.59 Å². The molecular weight excluding hydrogens is 410 g/mol. The van der Waals surface area contributed by atoms with Crippen LogP contribution in [-0.4, -0.2) is 49.0 Å². The van der Waals surface area contributed by atoms with Gasteiger partial charge in [-0.25, -0.2) is 9.69 Å². The van der Waals surface area contributed by atoms with Crippen LogP contribution in [0.1, 0.15) is 32.1 Å². The van der Waals surface area contributed by atoms with Crippen molar-refractivity contribution in [2.24, 2.45) is 0 Å². The summed E-state index contributed by atoms with van der Waals surface area (Å²) in [5.74, 6) is 0.522. The molecule has 1 aliphatic heterocycles. The molecule has 4 amide bonds. The Morgan fingerprint density at radius 2 is 1.69 bits per heavy atom. The zero-order valence-corrected chi connectivity index (χ0v) is 18.2. The van der Waals surface area contributed by atoms with Crippen LogP contribution in [0.5, 0.6) is 11.5 Å². The zero-order chi connectivity index (χ0) is 22.7. The summed E-state index contributed by atoms with van der Waals surface area (Å²) >= 11 is 0. The van der Waals surface area contributed by atoms with Crippen LogP contribution in [0.4, 0.5) is 16.2 Å². The number of methoxy groups -OCH3 is 2. The van der Waals surface area contributed by atoms with Crippen molar-refractivity contribution in [2.45, 2.75) is 44.2 Å². The number of carbonyl (C=O) groups excluding carboxylic acids is 3. The lowest BCUT2D eigenvalue weighted by Gasteiger charge is -2.27. The number of anilines is 2. The monoisotopic (exact) mass is 437 g/mol. The minimum absolute atomic E-state index is 0.0409. The Morgan fingerprint density at radius 1 is 1.00 bits per heavy atom. The van der Waals surface area contributed by atoms with Crippen LogP contribution in [0.3, 0.4) is 0 Å². The van der Waals surface area contributed by atoms with Crippen LogP contribution in [0.25, 0.3) is 0 Å². The molecular formula is C24H27N3O5. The summed E-state index contributed by atoms with van der Waals surface area (Å²) in [5.41, 5.74) is 1.05. The van der Waals surface area contributed by atoms with E-state index in [2.05, 4.69) is 5.32 Å². The van der Waals surface area contributed by atoms with Crippen LogP contribution in [0.2, 0.25) is 0 Å². The van der Waals surface area contributed by atoms with Gasteiger partial charge in [-0.15, -0.1) is 0 Å². The number of nitrogens with zero attached hydrogens (tertiary/aromatic N) is 2.